The summed E-state index contributed by atoms with van der Waals surface area (Å²) in [5.41, 5.74) is 5.99. The maximum absolute atomic E-state index is 5.69. The molecule has 2 rings (SSSR count). The van der Waals surface area contributed by atoms with E-state index in [1.54, 1.807) is 0 Å². The second-order valence-corrected chi connectivity index (χ2v) is 5.63. The molecule has 0 aromatic rings. The highest BCUT2D eigenvalue weighted by Gasteiger charge is 2.36. The predicted molar refractivity (Wildman–Crippen MR) is 63.9 cm³/mol. The van der Waals surface area contributed by atoms with Gasteiger partial charge in [-0.15, -0.1) is 0 Å². The Bertz CT molecular complexity index is 215. The minimum absolute atomic E-state index is 0.295. The van der Waals surface area contributed by atoms with Crippen LogP contribution in [0, 0.1) is 0 Å². The van der Waals surface area contributed by atoms with Crippen molar-refractivity contribution in [1.29, 1.82) is 0 Å². The zero-order valence-electron chi connectivity index (χ0n) is 10.2. The van der Waals surface area contributed by atoms with Gasteiger partial charge in [0, 0.05) is 31.2 Å². The lowest BCUT2D eigenvalue weighted by atomic mass is 9.96. The van der Waals surface area contributed by atoms with Gasteiger partial charge >= 0.3 is 0 Å². The zero-order valence-corrected chi connectivity index (χ0v) is 10.2. The highest BCUT2D eigenvalue weighted by atomic mass is 15.3. The molecule has 0 amide bonds. The zero-order chi connectivity index (χ0) is 10.9. The smallest absolute Gasteiger partial charge is 0.0224 e. The van der Waals surface area contributed by atoms with Crippen molar-refractivity contribution in [2.24, 2.45) is 5.73 Å². The molecule has 2 heterocycles. The van der Waals surface area contributed by atoms with Crippen LogP contribution in [0.4, 0.5) is 0 Å². The minimum Gasteiger partial charge on any atom is -0.330 e. The molecule has 15 heavy (non-hydrogen) atoms. The van der Waals surface area contributed by atoms with Crippen molar-refractivity contribution < 1.29 is 0 Å². The van der Waals surface area contributed by atoms with Crippen LogP contribution in [0.2, 0.25) is 0 Å². The van der Waals surface area contributed by atoms with Crippen LogP contribution in [0.15, 0.2) is 0 Å². The van der Waals surface area contributed by atoms with Crippen LogP contribution in [0.5, 0.6) is 0 Å². The molecule has 2 aliphatic heterocycles. The summed E-state index contributed by atoms with van der Waals surface area (Å²) in [6, 6.07) is 0.829. The molecule has 2 fully saturated rings. The number of fused-ring (bicyclic) bond motifs is 1. The first-order valence-corrected chi connectivity index (χ1v) is 6.33. The Morgan fingerprint density at radius 3 is 2.80 bits per heavy atom. The normalized spacial score (nSPS) is 29.4. The minimum atomic E-state index is 0.295. The Morgan fingerprint density at radius 2 is 2.07 bits per heavy atom. The van der Waals surface area contributed by atoms with E-state index in [2.05, 4.69) is 23.6 Å². The first-order chi connectivity index (χ1) is 7.13. The summed E-state index contributed by atoms with van der Waals surface area (Å²) in [4.78, 5) is 5.31. The number of piperazine rings is 1. The van der Waals surface area contributed by atoms with Crippen molar-refractivity contribution in [3.05, 3.63) is 0 Å². The number of nitrogens with two attached hydrogens (primary N) is 1. The molecule has 2 N–H and O–H groups in total. The van der Waals surface area contributed by atoms with Crippen LogP contribution >= 0.6 is 0 Å². The molecule has 1 atom stereocenters. The fourth-order valence-electron chi connectivity index (χ4n) is 3.05. The van der Waals surface area contributed by atoms with Crippen molar-refractivity contribution in [1.82, 2.24) is 9.80 Å². The second-order valence-electron chi connectivity index (χ2n) is 5.63. The van der Waals surface area contributed by atoms with Gasteiger partial charge in [-0.3, -0.25) is 9.80 Å². The Morgan fingerprint density at radius 1 is 1.27 bits per heavy atom. The summed E-state index contributed by atoms with van der Waals surface area (Å²) in [5.74, 6) is 0. The van der Waals surface area contributed by atoms with E-state index in [-0.39, 0.29) is 0 Å². The third kappa shape index (κ3) is 2.35. The van der Waals surface area contributed by atoms with E-state index in [9.17, 15) is 0 Å². The van der Waals surface area contributed by atoms with Gasteiger partial charge in [-0.25, -0.2) is 0 Å². The largest absolute Gasteiger partial charge is 0.330 e. The van der Waals surface area contributed by atoms with Crippen LogP contribution in [-0.2, 0) is 0 Å². The molecule has 0 bridgehead atoms. The quantitative estimate of drug-likeness (QED) is 0.752. The SMILES string of the molecule is CC(C)(CCN)N1CCN2CCCC2C1. The van der Waals surface area contributed by atoms with Crippen molar-refractivity contribution >= 4 is 0 Å². The Hall–Kier alpha value is -0.120. The summed E-state index contributed by atoms with van der Waals surface area (Å²) in [7, 11) is 0. The monoisotopic (exact) mass is 211 g/mol. The van der Waals surface area contributed by atoms with Gasteiger partial charge in [-0.1, -0.05) is 0 Å². The molecule has 1 unspecified atom stereocenters. The van der Waals surface area contributed by atoms with Crippen molar-refractivity contribution in [2.45, 2.75) is 44.7 Å². The molecule has 0 aliphatic carbocycles. The molecule has 0 radical (unpaired) electrons. The van der Waals surface area contributed by atoms with Crippen LogP contribution in [-0.4, -0.2) is 54.1 Å². The summed E-state index contributed by atoms with van der Waals surface area (Å²) >= 11 is 0. The maximum atomic E-state index is 5.69. The molecule has 0 saturated carbocycles. The van der Waals surface area contributed by atoms with Gasteiger partial charge in [0.05, 0.1) is 0 Å². The van der Waals surface area contributed by atoms with Crippen molar-refractivity contribution in [2.75, 3.05) is 32.7 Å². The number of nitrogens with zero attached hydrogens (tertiary/aromatic N) is 2. The maximum Gasteiger partial charge on any atom is 0.0224 e. The first-order valence-electron chi connectivity index (χ1n) is 6.33. The summed E-state index contributed by atoms with van der Waals surface area (Å²) in [6.45, 7) is 10.6. The lowest BCUT2D eigenvalue weighted by molar-refractivity contribution is 0.0292. The van der Waals surface area contributed by atoms with Crippen molar-refractivity contribution in [3.63, 3.8) is 0 Å². The van der Waals surface area contributed by atoms with E-state index in [0.717, 1.165) is 19.0 Å². The average Bonchev–Trinajstić information content (AvgIpc) is 2.63. The van der Waals surface area contributed by atoms with Crippen LogP contribution in [0.25, 0.3) is 0 Å². The van der Waals surface area contributed by atoms with E-state index >= 15 is 0 Å². The number of hydrogen-bond acceptors (Lipinski definition) is 3. The molecular formula is C12H25N3. The van der Waals surface area contributed by atoms with E-state index in [1.807, 2.05) is 0 Å². The molecular weight excluding hydrogens is 186 g/mol. The van der Waals surface area contributed by atoms with Crippen LogP contribution in [0.1, 0.15) is 33.1 Å². The molecule has 0 aromatic carbocycles. The van der Waals surface area contributed by atoms with Gasteiger partial charge in [0.2, 0.25) is 0 Å². The summed E-state index contributed by atoms with van der Waals surface area (Å²) < 4.78 is 0. The Balaban J connectivity index is 1.94. The predicted octanol–water partition coefficient (Wildman–Crippen LogP) is 0.894. The van der Waals surface area contributed by atoms with E-state index in [1.165, 1.54) is 39.0 Å². The number of rotatable bonds is 3. The number of hydrogen-bond donors (Lipinski definition) is 1. The molecule has 0 aromatic heterocycles. The fourth-order valence-corrected chi connectivity index (χ4v) is 3.05. The fraction of sp³-hybridized carbons (Fsp3) is 1.00. The van der Waals surface area contributed by atoms with Gasteiger partial charge in [0.25, 0.3) is 0 Å². The molecule has 88 valence electrons. The first kappa shape index (κ1) is 11.4. The molecule has 3 heteroatoms. The molecule has 2 saturated heterocycles. The standard InChI is InChI=1S/C12H25N3/c1-12(2,5-6-13)15-9-8-14-7-3-4-11(14)10-15/h11H,3-10,13H2,1-2H3. The van der Waals surface area contributed by atoms with Crippen LogP contribution < -0.4 is 5.73 Å². The van der Waals surface area contributed by atoms with Gasteiger partial charge < -0.3 is 5.73 Å². The van der Waals surface area contributed by atoms with E-state index < -0.39 is 0 Å². The Kier molecular flexibility index (Phi) is 3.33. The van der Waals surface area contributed by atoms with Gasteiger partial charge in [-0.05, 0) is 46.2 Å². The van der Waals surface area contributed by atoms with E-state index in [0.29, 0.717) is 5.54 Å². The highest BCUT2D eigenvalue weighted by molar-refractivity contribution is 4.92. The third-order valence-corrected chi connectivity index (χ3v) is 4.20. The average molecular weight is 211 g/mol. The van der Waals surface area contributed by atoms with Crippen molar-refractivity contribution in [3.8, 4) is 0 Å². The van der Waals surface area contributed by atoms with E-state index in [4.69, 9.17) is 5.73 Å². The second kappa shape index (κ2) is 4.40. The molecule has 0 spiro atoms. The lowest BCUT2D eigenvalue weighted by Gasteiger charge is -2.46. The van der Waals surface area contributed by atoms with Gasteiger partial charge in [-0.2, -0.15) is 0 Å². The van der Waals surface area contributed by atoms with Crippen LogP contribution in [0.3, 0.4) is 0 Å². The third-order valence-electron chi connectivity index (χ3n) is 4.20. The highest BCUT2D eigenvalue weighted by Crippen LogP contribution is 2.27. The van der Waals surface area contributed by atoms with Gasteiger partial charge in [0.15, 0.2) is 0 Å². The topological polar surface area (TPSA) is 32.5 Å². The van der Waals surface area contributed by atoms with Gasteiger partial charge in [0.1, 0.15) is 0 Å². The molecule has 3 nitrogen and oxygen atoms in total. The summed E-state index contributed by atoms with van der Waals surface area (Å²) in [5, 5.41) is 0. The molecule has 2 aliphatic rings. The summed E-state index contributed by atoms with van der Waals surface area (Å²) in [6.07, 6.45) is 3.91. The Labute approximate surface area is 93.6 Å². The lowest BCUT2D eigenvalue weighted by Crippen LogP contribution is -2.57.